The molecule has 0 saturated heterocycles. The molecule has 0 aliphatic rings. The van der Waals surface area contributed by atoms with Gasteiger partial charge in [-0.15, -0.1) is 10.2 Å². The van der Waals surface area contributed by atoms with E-state index >= 15 is 0 Å². The van der Waals surface area contributed by atoms with Crippen molar-refractivity contribution < 1.29 is 14.3 Å². The van der Waals surface area contributed by atoms with Crippen molar-refractivity contribution in [1.29, 1.82) is 0 Å². The van der Waals surface area contributed by atoms with Crippen molar-refractivity contribution >= 4 is 22.4 Å². The number of hydrogen-bond donors (Lipinski definition) is 2. The summed E-state index contributed by atoms with van der Waals surface area (Å²) in [7, 11) is 3.14. The quantitative estimate of drug-likeness (QED) is 0.632. The van der Waals surface area contributed by atoms with Crippen LogP contribution in [0.3, 0.4) is 0 Å². The van der Waals surface area contributed by atoms with Crippen molar-refractivity contribution in [2.45, 2.75) is 13.0 Å². The molecule has 2 aromatic heterocycles. The maximum atomic E-state index is 12.4. The summed E-state index contributed by atoms with van der Waals surface area (Å²) in [5.41, 5.74) is 0.520. The zero-order chi connectivity index (χ0) is 19.2. The standard InChI is InChI=1S/C17H17N5O4S/c1-25-9-15-21-22-17(27-15)20-16(24)12-8-14(23)19-13(18-12)7-10-3-5-11(26-2)6-4-10/h3-6,8H,7,9H2,1-2H3,(H,18,19,23)(H,20,22,24). The Morgan fingerprint density at radius 2 is 2.00 bits per heavy atom. The van der Waals surface area contributed by atoms with E-state index in [0.717, 1.165) is 17.4 Å². The number of anilines is 1. The number of aromatic amines is 1. The molecule has 0 bridgehead atoms. The van der Waals surface area contributed by atoms with Gasteiger partial charge in [-0.2, -0.15) is 0 Å². The summed E-state index contributed by atoms with van der Waals surface area (Å²) in [6.07, 6.45) is 0.372. The van der Waals surface area contributed by atoms with Gasteiger partial charge in [-0.1, -0.05) is 23.5 Å². The van der Waals surface area contributed by atoms with Gasteiger partial charge < -0.3 is 14.5 Å². The number of rotatable bonds is 7. The number of methoxy groups -OCH3 is 2. The summed E-state index contributed by atoms with van der Waals surface area (Å²) in [5.74, 6) is 0.589. The number of nitrogens with zero attached hydrogens (tertiary/aromatic N) is 3. The fraction of sp³-hybridized carbons (Fsp3) is 0.235. The Morgan fingerprint density at radius 3 is 2.70 bits per heavy atom. The van der Waals surface area contributed by atoms with Gasteiger partial charge in [0.05, 0.1) is 7.11 Å². The van der Waals surface area contributed by atoms with Gasteiger partial charge in [0.1, 0.15) is 28.9 Å². The molecule has 0 saturated carbocycles. The van der Waals surface area contributed by atoms with Crippen LogP contribution >= 0.6 is 11.3 Å². The van der Waals surface area contributed by atoms with Gasteiger partial charge in [0.25, 0.3) is 11.5 Å². The third-order valence-electron chi connectivity index (χ3n) is 3.51. The van der Waals surface area contributed by atoms with Crippen LogP contribution in [0.4, 0.5) is 5.13 Å². The first-order valence-electron chi connectivity index (χ1n) is 7.93. The van der Waals surface area contributed by atoms with E-state index in [1.165, 1.54) is 11.3 Å². The summed E-state index contributed by atoms with van der Waals surface area (Å²) in [5, 5.41) is 11.3. The first-order valence-corrected chi connectivity index (χ1v) is 8.75. The van der Waals surface area contributed by atoms with Crippen LogP contribution in [0, 0.1) is 0 Å². The molecule has 3 aromatic rings. The predicted molar refractivity (Wildman–Crippen MR) is 99.2 cm³/mol. The Hall–Kier alpha value is -3.11. The molecule has 1 amide bonds. The van der Waals surface area contributed by atoms with Crippen LogP contribution in [-0.4, -0.2) is 40.3 Å². The second-order valence-corrected chi connectivity index (χ2v) is 6.55. The van der Waals surface area contributed by atoms with Crippen molar-refractivity contribution in [1.82, 2.24) is 20.2 Å². The highest BCUT2D eigenvalue weighted by Gasteiger charge is 2.14. The SMILES string of the molecule is COCc1nnc(NC(=O)c2cc(=O)[nH]c(Cc3ccc(OC)cc3)n2)s1. The summed E-state index contributed by atoms with van der Waals surface area (Å²) < 4.78 is 10.1. The minimum atomic E-state index is -0.530. The van der Waals surface area contributed by atoms with E-state index in [1.54, 1.807) is 14.2 Å². The maximum Gasteiger partial charge on any atom is 0.276 e. The number of ether oxygens (including phenoxy) is 2. The first-order chi connectivity index (χ1) is 13.1. The molecule has 0 unspecified atom stereocenters. The van der Waals surface area contributed by atoms with Gasteiger partial charge in [-0.3, -0.25) is 14.9 Å². The average molecular weight is 387 g/mol. The lowest BCUT2D eigenvalue weighted by Gasteiger charge is -2.05. The highest BCUT2D eigenvalue weighted by molar-refractivity contribution is 7.15. The largest absolute Gasteiger partial charge is 0.497 e. The van der Waals surface area contributed by atoms with Crippen LogP contribution in [0.2, 0.25) is 0 Å². The number of aromatic nitrogens is 4. The van der Waals surface area contributed by atoms with Gasteiger partial charge in [0, 0.05) is 19.6 Å². The van der Waals surface area contributed by atoms with E-state index in [9.17, 15) is 9.59 Å². The average Bonchev–Trinajstić information content (AvgIpc) is 3.09. The number of benzene rings is 1. The van der Waals surface area contributed by atoms with Crippen LogP contribution in [0.5, 0.6) is 5.75 Å². The molecule has 10 heteroatoms. The summed E-state index contributed by atoms with van der Waals surface area (Å²) in [4.78, 5) is 31.2. The Kier molecular flexibility index (Phi) is 5.89. The Morgan fingerprint density at radius 1 is 1.22 bits per heavy atom. The third-order valence-corrected chi connectivity index (χ3v) is 4.32. The smallest absolute Gasteiger partial charge is 0.276 e. The van der Waals surface area contributed by atoms with Crippen molar-refractivity contribution in [3.05, 3.63) is 62.8 Å². The molecule has 0 fully saturated rings. The summed E-state index contributed by atoms with van der Waals surface area (Å²) in [6.45, 7) is 0.308. The number of H-pyrrole nitrogens is 1. The van der Waals surface area contributed by atoms with Gasteiger partial charge in [0.2, 0.25) is 5.13 Å². The zero-order valence-electron chi connectivity index (χ0n) is 14.7. The summed E-state index contributed by atoms with van der Waals surface area (Å²) >= 11 is 1.19. The van der Waals surface area contributed by atoms with E-state index < -0.39 is 11.5 Å². The fourth-order valence-corrected chi connectivity index (χ4v) is 3.00. The Labute approximate surface area is 158 Å². The monoisotopic (exact) mass is 387 g/mol. The van der Waals surface area contributed by atoms with Crippen LogP contribution in [0.25, 0.3) is 0 Å². The molecule has 1 aromatic carbocycles. The predicted octanol–water partition coefficient (Wildman–Crippen LogP) is 1.62. The third kappa shape index (κ3) is 4.96. The molecule has 27 heavy (non-hydrogen) atoms. The van der Waals surface area contributed by atoms with E-state index in [2.05, 4.69) is 25.5 Å². The Bertz CT molecular complexity index is 983. The molecule has 0 aliphatic heterocycles. The molecule has 2 heterocycles. The van der Waals surface area contributed by atoms with Gasteiger partial charge in [-0.05, 0) is 17.7 Å². The molecule has 0 atom stereocenters. The Balaban J connectivity index is 1.75. The molecular formula is C17H17N5O4S. The number of carbonyl (C=O) groups excluding carboxylic acids is 1. The minimum Gasteiger partial charge on any atom is -0.497 e. The van der Waals surface area contributed by atoms with Crippen LogP contribution in [-0.2, 0) is 17.8 Å². The van der Waals surface area contributed by atoms with E-state index in [0.29, 0.717) is 29.0 Å². The van der Waals surface area contributed by atoms with Gasteiger partial charge >= 0.3 is 0 Å². The maximum absolute atomic E-state index is 12.4. The number of amides is 1. The molecule has 0 spiro atoms. The molecular weight excluding hydrogens is 370 g/mol. The van der Waals surface area contributed by atoms with Gasteiger partial charge in [-0.25, -0.2) is 4.98 Å². The minimum absolute atomic E-state index is 0.00533. The highest BCUT2D eigenvalue weighted by atomic mass is 32.1. The van der Waals surface area contributed by atoms with Crippen molar-refractivity contribution in [2.24, 2.45) is 0 Å². The summed E-state index contributed by atoms with van der Waals surface area (Å²) in [6, 6.07) is 8.51. The van der Waals surface area contributed by atoms with Crippen molar-refractivity contribution in [3.8, 4) is 5.75 Å². The van der Waals surface area contributed by atoms with Crippen LogP contribution in [0.1, 0.15) is 26.9 Å². The van der Waals surface area contributed by atoms with E-state index in [4.69, 9.17) is 9.47 Å². The van der Waals surface area contributed by atoms with E-state index in [-0.39, 0.29) is 5.69 Å². The van der Waals surface area contributed by atoms with Crippen molar-refractivity contribution in [2.75, 3.05) is 19.5 Å². The second-order valence-electron chi connectivity index (χ2n) is 5.49. The van der Waals surface area contributed by atoms with E-state index in [1.807, 2.05) is 24.3 Å². The molecule has 0 radical (unpaired) electrons. The lowest BCUT2D eigenvalue weighted by Crippen LogP contribution is -2.20. The highest BCUT2D eigenvalue weighted by Crippen LogP contribution is 2.17. The molecule has 2 N–H and O–H groups in total. The zero-order valence-corrected chi connectivity index (χ0v) is 15.5. The topological polar surface area (TPSA) is 119 Å². The second kappa shape index (κ2) is 8.52. The molecule has 140 valence electrons. The fourth-order valence-electron chi connectivity index (χ4n) is 2.29. The van der Waals surface area contributed by atoms with Gasteiger partial charge in [0.15, 0.2) is 0 Å². The lowest BCUT2D eigenvalue weighted by molar-refractivity contribution is 0.102. The van der Waals surface area contributed by atoms with Crippen LogP contribution < -0.4 is 15.6 Å². The molecule has 3 rings (SSSR count). The van der Waals surface area contributed by atoms with Crippen molar-refractivity contribution in [3.63, 3.8) is 0 Å². The number of nitrogens with one attached hydrogen (secondary N) is 2. The molecule has 9 nitrogen and oxygen atoms in total. The lowest BCUT2D eigenvalue weighted by atomic mass is 10.1. The number of carbonyl (C=O) groups is 1. The van der Waals surface area contributed by atoms with Crippen LogP contribution in [0.15, 0.2) is 35.1 Å². The molecule has 0 aliphatic carbocycles. The normalized spacial score (nSPS) is 10.6. The number of hydrogen-bond acceptors (Lipinski definition) is 8. The first kappa shape index (κ1) is 18.7.